The molecule has 2 aromatic heterocycles. The van der Waals surface area contributed by atoms with Crippen LogP contribution < -0.4 is 21.9 Å². The molecule has 0 saturated carbocycles. The molecule has 2 heterocycles. The second-order valence-electron chi connectivity index (χ2n) is 8.60. The minimum Gasteiger partial charge on any atom is -0.459 e. The molecule has 3 rings (SSSR count). The Morgan fingerprint density at radius 3 is 2.50 bits per heavy atom. The van der Waals surface area contributed by atoms with Gasteiger partial charge in [0.25, 0.3) is 11.5 Å². The lowest BCUT2D eigenvalue weighted by Crippen LogP contribution is -2.36. The van der Waals surface area contributed by atoms with E-state index in [2.05, 4.69) is 15.6 Å². The molecule has 4 N–H and O–H groups in total. The summed E-state index contributed by atoms with van der Waals surface area (Å²) < 4.78 is 6.47. The fourth-order valence-corrected chi connectivity index (χ4v) is 3.40. The van der Waals surface area contributed by atoms with E-state index in [4.69, 9.17) is 15.7 Å². The number of aromatic nitrogens is 2. The van der Waals surface area contributed by atoms with Gasteiger partial charge in [-0.05, 0) is 44.5 Å². The summed E-state index contributed by atoms with van der Waals surface area (Å²) in [6, 6.07) is 10.1. The highest BCUT2D eigenvalue weighted by Gasteiger charge is 2.23. The van der Waals surface area contributed by atoms with Gasteiger partial charge in [-0.25, -0.2) is 4.98 Å². The van der Waals surface area contributed by atoms with Gasteiger partial charge >= 0.3 is 5.97 Å². The molecule has 0 unspecified atom stereocenters. The monoisotopic (exact) mass is 462 g/mol. The van der Waals surface area contributed by atoms with Crippen molar-refractivity contribution in [3.05, 3.63) is 63.6 Å². The van der Waals surface area contributed by atoms with E-state index >= 15 is 0 Å². The number of amides is 1. The van der Waals surface area contributed by atoms with Gasteiger partial charge in [0.2, 0.25) is 0 Å². The maximum atomic E-state index is 13.3. The number of fused-ring (bicyclic) bond motifs is 1. The number of hydrogen-bond acceptors (Lipinski definition) is 8. The van der Waals surface area contributed by atoms with Crippen molar-refractivity contribution in [2.45, 2.75) is 39.5 Å². The number of nitriles is 1. The second-order valence-corrected chi connectivity index (χ2v) is 8.60. The number of anilines is 2. The molecule has 0 saturated heterocycles. The number of carbonyl (C=O) groups is 2. The molecule has 0 aliphatic heterocycles. The first-order valence-electron chi connectivity index (χ1n) is 10.5. The number of nitrogen functional groups attached to an aromatic ring is 1. The summed E-state index contributed by atoms with van der Waals surface area (Å²) in [6.07, 6.45) is 1.38. The smallest absolute Gasteiger partial charge is 0.326 e. The van der Waals surface area contributed by atoms with Gasteiger partial charge in [-0.2, -0.15) is 5.26 Å². The van der Waals surface area contributed by atoms with Crippen LogP contribution >= 0.6 is 0 Å². The number of hydrogen-bond donors (Lipinski definition) is 3. The molecule has 0 aliphatic carbocycles. The Hall–Kier alpha value is -4.39. The zero-order chi connectivity index (χ0) is 25.0. The van der Waals surface area contributed by atoms with Crippen LogP contribution in [0.15, 0.2) is 41.3 Å². The first-order valence-corrected chi connectivity index (χ1v) is 10.5. The van der Waals surface area contributed by atoms with Crippen molar-refractivity contribution in [2.24, 2.45) is 0 Å². The van der Waals surface area contributed by atoms with Crippen molar-refractivity contribution >= 4 is 34.3 Å². The van der Waals surface area contributed by atoms with Crippen LogP contribution in [-0.4, -0.2) is 34.1 Å². The van der Waals surface area contributed by atoms with Crippen molar-refractivity contribution in [1.29, 1.82) is 5.26 Å². The number of pyridine rings is 2. The van der Waals surface area contributed by atoms with Gasteiger partial charge in [-0.3, -0.25) is 19.0 Å². The summed E-state index contributed by atoms with van der Waals surface area (Å²) >= 11 is 0. The molecular weight excluding hydrogens is 436 g/mol. The van der Waals surface area contributed by atoms with Gasteiger partial charge in [-0.1, -0.05) is 12.1 Å². The average molecular weight is 463 g/mol. The molecule has 1 amide bonds. The highest BCUT2D eigenvalue weighted by atomic mass is 16.6. The molecular formula is C24H26N6O4. The minimum absolute atomic E-state index is 0.141. The van der Waals surface area contributed by atoms with Crippen LogP contribution in [0, 0.1) is 11.3 Å². The van der Waals surface area contributed by atoms with Crippen LogP contribution in [0.3, 0.4) is 0 Å². The number of benzene rings is 1. The van der Waals surface area contributed by atoms with Gasteiger partial charge in [-0.15, -0.1) is 0 Å². The molecule has 1 aromatic carbocycles. The first kappa shape index (κ1) is 24.3. The Morgan fingerprint density at radius 1 is 1.24 bits per heavy atom. The van der Waals surface area contributed by atoms with E-state index in [0.29, 0.717) is 22.3 Å². The van der Waals surface area contributed by atoms with Crippen molar-refractivity contribution < 1.29 is 14.3 Å². The largest absolute Gasteiger partial charge is 0.459 e. The second kappa shape index (κ2) is 9.62. The summed E-state index contributed by atoms with van der Waals surface area (Å²) in [6.45, 7) is 4.87. The maximum Gasteiger partial charge on any atom is 0.326 e. The molecule has 10 heteroatoms. The van der Waals surface area contributed by atoms with Gasteiger partial charge in [0.05, 0.1) is 29.2 Å². The third-order valence-electron chi connectivity index (χ3n) is 4.88. The Labute approximate surface area is 196 Å². The minimum atomic E-state index is -0.749. The number of nitrogens with two attached hydrogens (primary N) is 1. The lowest BCUT2D eigenvalue weighted by Gasteiger charge is -2.20. The molecule has 3 aromatic rings. The standard InChI is InChI=1S/C24H26N6O4/c1-24(2,3)34-19(31)13-30-21-16(20(27-4)18(26)12-28-21)9-17(23(30)33)22(32)29-11-15-7-5-14(10-25)6-8-15/h5-9,12H,11,13,26H2,1-4H3,(H,27,28)(H,29,32). The molecule has 10 nitrogen and oxygen atoms in total. The van der Waals surface area contributed by atoms with Crippen molar-refractivity contribution in [1.82, 2.24) is 14.9 Å². The summed E-state index contributed by atoms with van der Waals surface area (Å²) in [4.78, 5) is 43.0. The van der Waals surface area contributed by atoms with Crippen molar-refractivity contribution in [3.8, 4) is 6.07 Å². The number of esters is 1. The lowest BCUT2D eigenvalue weighted by molar-refractivity contribution is -0.155. The number of nitrogens with zero attached hydrogens (tertiary/aromatic N) is 3. The highest BCUT2D eigenvalue weighted by molar-refractivity contribution is 6.02. The zero-order valence-electron chi connectivity index (χ0n) is 19.4. The molecule has 0 aliphatic rings. The summed E-state index contributed by atoms with van der Waals surface area (Å²) in [5.74, 6) is -1.27. The number of rotatable bonds is 6. The van der Waals surface area contributed by atoms with Crippen LogP contribution in [0.1, 0.15) is 42.3 Å². The molecule has 0 fully saturated rings. The average Bonchev–Trinajstić information content (AvgIpc) is 2.78. The van der Waals surface area contributed by atoms with Crippen molar-refractivity contribution in [3.63, 3.8) is 0 Å². The molecule has 0 bridgehead atoms. The van der Waals surface area contributed by atoms with E-state index in [-0.39, 0.29) is 17.8 Å². The Morgan fingerprint density at radius 2 is 1.91 bits per heavy atom. The fourth-order valence-electron chi connectivity index (χ4n) is 3.40. The van der Waals surface area contributed by atoms with E-state index in [1.165, 1.54) is 12.3 Å². The van der Waals surface area contributed by atoms with Gasteiger partial charge in [0.15, 0.2) is 0 Å². The maximum absolute atomic E-state index is 13.3. The van der Waals surface area contributed by atoms with Crippen LogP contribution in [0.2, 0.25) is 0 Å². The molecule has 0 spiro atoms. The van der Waals surface area contributed by atoms with Crippen LogP contribution in [0.25, 0.3) is 11.0 Å². The Bertz CT molecular complexity index is 1350. The summed E-state index contributed by atoms with van der Waals surface area (Å²) in [5.41, 5.74) is 6.66. The van der Waals surface area contributed by atoms with Gasteiger partial charge in [0.1, 0.15) is 23.4 Å². The van der Waals surface area contributed by atoms with Gasteiger partial charge in [0, 0.05) is 19.0 Å². The number of nitrogens with one attached hydrogen (secondary N) is 2. The van der Waals surface area contributed by atoms with Gasteiger partial charge < -0.3 is 21.1 Å². The van der Waals surface area contributed by atoms with Crippen LogP contribution in [-0.2, 0) is 22.6 Å². The third-order valence-corrected chi connectivity index (χ3v) is 4.88. The van der Waals surface area contributed by atoms with E-state index in [1.807, 2.05) is 6.07 Å². The topological polar surface area (TPSA) is 152 Å². The fraction of sp³-hybridized carbons (Fsp3) is 0.292. The Balaban J connectivity index is 2.03. The SMILES string of the molecule is CNc1c(N)cnc2c1cc(C(=O)NCc1ccc(C#N)cc1)c(=O)n2CC(=O)OC(C)(C)C. The van der Waals surface area contributed by atoms with Crippen molar-refractivity contribution in [2.75, 3.05) is 18.1 Å². The van der Waals surface area contributed by atoms with E-state index in [9.17, 15) is 14.4 Å². The highest BCUT2D eigenvalue weighted by Crippen LogP contribution is 2.27. The number of ether oxygens (including phenoxy) is 1. The normalized spacial score (nSPS) is 11.0. The van der Waals surface area contributed by atoms with E-state index in [1.54, 1.807) is 52.1 Å². The quantitative estimate of drug-likeness (QED) is 0.471. The van der Waals surface area contributed by atoms with E-state index in [0.717, 1.165) is 10.1 Å². The molecule has 176 valence electrons. The Kier molecular flexibility index (Phi) is 6.86. The summed E-state index contributed by atoms with van der Waals surface area (Å²) in [7, 11) is 1.65. The zero-order valence-corrected chi connectivity index (χ0v) is 19.4. The molecule has 0 atom stereocenters. The van der Waals surface area contributed by atoms with Crippen LogP contribution in [0.4, 0.5) is 11.4 Å². The molecule has 34 heavy (non-hydrogen) atoms. The number of carbonyl (C=O) groups excluding carboxylic acids is 2. The predicted molar refractivity (Wildman–Crippen MR) is 128 cm³/mol. The lowest BCUT2D eigenvalue weighted by atomic mass is 10.1. The first-order chi connectivity index (χ1) is 16.0. The van der Waals surface area contributed by atoms with Crippen LogP contribution in [0.5, 0.6) is 0 Å². The molecule has 0 radical (unpaired) electrons. The summed E-state index contributed by atoms with van der Waals surface area (Å²) in [5, 5.41) is 15.0. The predicted octanol–water partition coefficient (Wildman–Crippen LogP) is 2.16. The third kappa shape index (κ3) is 5.32. The van der Waals surface area contributed by atoms with E-state index < -0.39 is 29.6 Å².